The molecule has 3 rings (SSSR count). The average molecular weight is 328 g/mol. The number of benzene rings is 1. The second kappa shape index (κ2) is 6.19. The number of halogens is 1. The number of anilines is 1. The molecule has 0 saturated heterocycles. The molecule has 0 saturated carbocycles. The molecule has 2 aromatic rings. The lowest BCUT2D eigenvalue weighted by Gasteiger charge is -2.35. The molecule has 0 unspecified atom stereocenters. The van der Waals surface area contributed by atoms with Gasteiger partial charge in [0.2, 0.25) is 5.95 Å². The zero-order valence-electron chi connectivity index (χ0n) is 14.4. The summed E-state index contributed by atoms with van der Waals surface area (Å²) in [6, 6.07) is 4.63. The van der Waals surface area contributed by atoms with Gasteiger partial charge in [-0.15, -0.1) is 0 Å². The quantitative estimate of drug-likeness (QED) is 0.850. The molecule has 0 N–H and O–H groups in total. The molecule has 126 valence electrons. The Morgan fingerprint density at radius 1 is 1.38 bits per heavy atom. The van der Waals surface area contributed by atoms with Gasteiger partial charge >= 0.3 is 0 Å². The fourth-order valence-electron chi connectivity index (χ4n) is 3.10. The van der Waals surface area contributed by atoms with Crippen LogP contribution in [0.15, 0.2) is 24.4 Å². The van der Waals surface area contributed by atoms with E-state index >= 15 is 0 Å². The first-order valence-corrected chi connectivity index (χ1v) is 7.98. The topological polar surface area (TPSA) is 49.3 Å². The second-order valence-electron chi connectivity index (χ2n) is 6.33. The fourth-order valence-corrected chi connectivity index (χ4v) is 3.10. The Bertz CT molecular complexity index is 791. The lowest BCUT2D eigenvalue weighted by molar-refractivity contribution is 0.0675. The summed E-state index contributed by atoms with van der Waals surface area (Å²) >= 11 is 0. The Kier molecular flexibility index (Phi) is 4.22. The fraction of sp³-hybridized carbons (Fsp3) is 0.389. The minimum Gasteiger partial charge on any atom is -0.347 e. The van der Waals surface area contributed by atoms with Crippen molar-refractivity contribution in [2.45, 2.75) is 26.3 Å². The van der Waals surface area contributed by atoms with E-state index in [-0.39, 0.29) is 17.8 Å². The van der Waals surface area contributed by atoms with Crippen LogP contribution in [-0.4, -0.2) is 41.4 Å². The molecule has 6 heteroatoms. The highest BCUT2D eigenvalue weighted by molar-refractivity contribution is 5.95. The van der Waals surface area contributed by atoms with Crippen LogP contribution in [-0.2, 0) is 6.42 Å². The molecule has 2 heterocycles. The highest BCUT2D eigenvalue weighted by atomic mass is 19.1. The molecule has 0 spiro atoms. The van der Waals surface area contributed by atoms with Crippen molar-refractivity contribution in [3.63, 3.8) is 0 Å². The Balaban J connectivity index is 1.91. The Hall–Kier alpha value is -2.50. The van der Waals surface area contributed by atoms with Crippen LogP contribution in [0.2, 0.25) is 0 Å². The van der Waals surface area contributed by atoms with E-state index in [2.05, 4.69) is 9.97 Å². The molecule has 0 aliphatic carbocycles. The summed E-state index contributed by atoms with van der Waals surface area (Å²) in [6.45, 7) is 4.34. The van der Waals surface area contributed by atoms with E-state index < -0.39 is 0 Å². The van der Waals surface area contributed by atoms with Crippen LogP contribution in [0.3, 0.4) is 0 Å². The van der Waals surface area contributed by atoms with Crippen LogP contribution in [0.25, 0.3) is 0 Å². The van der Waals surface area contributed by atoms with Crippen LogP contribution < -0.4 is 4.90 Å². The molecular weight excluding hydrogens is 307 g/mol. The molecule has 0 radical (unpaired) electrons. The molecule has 5 nitrogen and oxygen atoms in total. The summed E-state index contributed by atoms with van der Waals surface area (Å²) < 4.78 is 13.6. The maximum absolute atomic E-state index is 13.6. The smallest absolute Gasteiger partial charge is 0.257 e. The molecule has 0 bridgehead atoms. The second-order valence-corrected chi connectivity index (χ2v) is 6.33. The number of carbonyl (C=O) groups excluding carboxylic acids is 1. The molecule has 1 amide bonds. The first-order valence-electron chi connectivity index (χ1n) is 7.98. The van der Waals surface area contributed by atoms with Gasteiger partial charge in [0.15, 0.2) is 0 Å². The predicted octanol–water partition coefficient (Wildman–Crippen LogP) is 2.75. The molecule has 1 aromatic heterocycles. The van der Waals surface area contributed by atoms with Gasteiger partial charge in [0, 0.05) is 26.8 Å². The summed E-state index contributed by atoms with van der Waals surface area (Å²) in [6.07, 6.45) is 2.30. The van der Waals surface area contributed by atoms with Gasteiger partial charge in [0.05, 0.1) is 17.3 Å². The van der Waals surface area contributed by atoms with Crippen LogP contribution in [0.4, 0.5) is 10.3 Å². The minimum absolute atomic E-state index is 0.111. The van der Waals surface area contributed by atoms with Gasteiger partial charge in [-0.05, 0) is 43.5 Å². The van der Waals surface area contributed by atoms with Crippen LogP contribution in [0.1, 0.15) is 40.1 Å². The van der Waals surface area contributed by atoms with Crippen LogP contribution in [0, 0.1) is 12.7 Å². The van der Waals surface area contributed by atoms with Crippen molar-refractivity contribution in [1.82, 2.24) is 14.9 Å². The molecule has 1 aromatic carbocycles. The lowest BCUT2D eigenvalue weighted by Crippen LogP contribution is -2.39. The Labute approximate surface area is 141 Å². The third-order valence-electron chi connectivity index (χ3n) is 4.51. The third kappa shape index (κ3) is 2.84. The van der Waals surface area contributed by atoms with E-state index in [1.54, 1.807) is 16.0 Å². The molecule has 1 aliphatic heterocycles. The van der Waals surface area contributed by atoms with Crippen molar-refractivity contribution < 1.29 is 9.18 Å². The van der Waals surface area contributed by atoms with E-state index in [1.165, 1.54) is 12.1 Å². The van der Waals surface area contributed by atoms with Crippen molar-refractivity contribution in [2.24, 2.45) is 0 Å². The minimum atomic E-state index is -0.273. The van der Waals surface area contributed by atoms with Gasteiger partial charge in [0.25, 0.3) is 5.91 Å². The Morgan fingerprint density at radius 3 is 2.79 bits per heavy atom. The molecule has 1 atom stereocenters. The Morgan fingerprint density at radius 2 is 2.12 bits per heavy atom. The zero-order chi connectivity index (χ0) is 17.4. The number of hydrogen-bond donors (Lipinski definition) is 0. The predicted molar refractivity (Wildman–Crippen MR) is 90.7 cm³/mol. The third-order valence-corrected chi connectivity index (χ3v) is 4.51. The average Bonchev–Trinajstić information content (AvgIpc) is 2.55. The molecule has 1 aliphatic rings. The van der Waals surface area contributed by atoms with Gasteiger partial charge < -0.3 is 9.80 Å². The largest absolute Gasteiger partial charge is 0.347 e. The number of rotatable bonds is 2. The van der Waals surface area contributed by atoms with Crippen molar-refractivity contribution in [1.29, 1.82) is 0 Å². The summed E-state index contributed by atoms with van der Waals surface area (Å²) in [7, 11) is 3.71. The molecule has 24 heavy (non-hydrogen) atoms. The lowest BCUT2D eigenvalue weighted by atomic mass is 9.93. The van der Waals surface area contributed by atoms with E-state index in [0.717, 1.165) is 17.5 Å². The number of aromatic nitrogens is 2. The normalized spacial score (nSPS) is 16.7. The summed E-state index contributed by atoms with van der Waals surface area (Å²) in [5, 5.41) is 0. The van der Waals surface area contributed by atoms with E-state index in [0.29, 0.717) is 23.8 Å². The first-order chi connectivity index (χ1) is 11.4. The monoisotopic (exact) mass is 328 g/mol. The van der Waals surface area contributed by atoms with Crippen molar-refractivity contribution in [2.75, 3.05) is 25.5 Å². The highest BCUT2D eigenvalue weighted by Crippen LogP contribution is 2.31. The van der Waals surface area contributed by atoms with E-state index in [1.807, 2.05) is 34.0 Å². The summed E-state index contributed by atoms with van der Waals surface area (Å²) in [5.74, 6) is 0.188. The number of hydrogen-bond acceptors (Lipinski definition) is 4. The van der Waals surface area contributed by atoms with Gasteiger partial charge in [0.1, 0.15) is 5.82 Å². The molecular formula is C18H21FN4O. The number of aryl methyl sites for hydroxylation is 1. The van der Waals surface area contributed by atoms with Gasteiger partial charge in [-0.1, -0.05) is 6.07 Å². The summed E-state index contributed by atoms with van der Waals surface area (Å²) in [5.41, 5.74) is 3.12. The number of nitrogens with zero attached hydrogens (tertiary/aromatic N) is 4. The highest BCUT2D eigenvalue weighted by Gasteiger charge is 2.29. The maximum atomic E-state index is 13.6. The number of carbonyl (C=O) groups is 1. The number of fused-ring (bicyclic) bond motifs is 1. The number of amides is 1. The summed E-state index contributed by atoms with van der Waals surface area (Å²) in [4.78, 5) is 25.1. The SMILES string of the molecule is Cc1nc(N(C)C)ncc1C(=O)N1CCc2ccc(F)cc2[C@@H]1C. The van der Waals surface area contributed by atoms with E-state index in [9.17, 15) is 9.18 Å². The molecule has 0 fully saturated rings. The van der Waals surface area contributed by atoms with Crippen LogP contribution in [0.5, 0.6) is 0 Å². The van der Waals surface area contributed by atoms with Crippen molar-refractivity contribution >= 4 is 11.9 Å². The standard InChI is InChI=1S/C18H21FN4O/c1-11-16(10-20-18(21-11)22(3)4)17(24)23-8-7-13-5-6-14(19)9-15(13)12(23)2/h5-6,9-10,12H,7-8H2,1-4H3/t12-/m0/s1. The van der Waals surface area contributed by atoms with Crippen molar-refractivity contribution in [3.05, 3.63) is 52.6 Å². The first kappa shape index (κ1) is 16.4. The van der Waals surface area contributed by atoms with Crippen molar-refractivity contribution in [3.8, 4) is 0 Å². The maximum Gasteiger partial charge on any atom is 0.257 e. The van der Waals surface area contributed by atoms with E-state index in [4.69, 9.17) is 0 Å². The van der Waals surface area contributed by atoms with Gasteiger partial charge in [-0.3, -0.25) is 4.79 Å². The van der Waals surface area contributed by atoms with Gasteiger partial charge in [-0.2, -0.15) is 0 Å². The zero-order valence-corrected chi connectivity index (χ0v) is 14.4. The van der Waals surface area contributed by atoms with Gasteiger partial charge in [-0.25, -0.2) is 14.4 Å². The van der Waals surface area contributed by atoms with Crippen LogP contribution >= 0.6 is 0 Å².